The number of hydrogen-bond donors (Lipinski definition) is 2. The average molecular weight is 873 g/mol. The minimum Gasteiger partial charge on any atom is -0.497 e. The second-order valence-electron chi connectivity index (χ2n) is 14.9. The zero-order valence-corrected chi connectivity index (χ0v) is 37.4. The van der Waals surface area contributed by atoms with Gasteiger partial charge in [-0.15, -0.1) is 0 Å². The molecule has 17 heteroatoms. The van der Waals surface area contributed by atoms with E-state index in [1.54, 1.807) is 14.2 Å². The van der Waals surface area contributed by atoms with Crippen molar-refractivity contribution in [3.05, 3.63) is 118 Å². The highest BCUT2D eigenvalue weighted by atomic mass is 31.2. The zero-order chi connectivity index (χ0) is 44.8. The molecule has 5 atom stereocenters. The molecule has 1 aromatic heterocycles. The number of rotatable bonds is 22. The van der Waals surface area contributed by atoms with Crippen molar-refractivity contribution in [1.29, 1.82) is 5.26 Å². The van der Waals surface area contributed by atoms with E-state index in [-0.39, 0.29) is 56.5 Å². The van der Waals surface area contributed by atoms with E-state index in [0.29, 0.717) is 11.5 Å². The van der Waals surface area contributed by atoms with Gasteiger partial charge in [0, 0.05) is 38.7 Å². The van der Waals surface area contributed by atoms with E-state index in [9.17, 15) is 19.6 Å². The molecule has 16 nitrogen and oxygen atoms in total. The van der Waals surface area contributed by atoms with Crippen LogP contribution in [0.1, 0.15) is 70.4 Å². The van der Waals surface area contributed by atoms with Crippen molar-refractivity contribution in [2.75, 3.05) is 46.4 Å². The molecule has 1 aliphatic heterocycles. The minimum absolute atomic E-state index is 0.00578. The van der Waals surface area contributed by atoms with Crippen LogP contribution in [0.4, 0.5) is 5.82 Å². The Morgan fingerprint density at radius 1 is 0.903 bits per heavy atom. The van der Waals surface area contributed by atoms with Gasteiger partial charge in [-0.1, -0.05) is 54.6 Å². The Morgan fingerprint density at radius 3 is 2.02 bits per heavy atom. The van der Waals surface area contributed by atoms with Crippen molar-refractivity contribution in [2.24, 2.45) is 0 Å². The Bertz CT molecular complexity index is 2090. The van der Waals surface area contributed by atoms with Gasteiger partial charge in [0.05, 0.1) is 46.5 Å². The van der Waals surface area contributed by atoms with Crippen LogP contribution in [0.15, 0.2) is 95.9 Å². The first-order valence-electron chi connectivity index (χ1n) is 20.4. The van der Waals surface area contributed by atoms with E-state index in [1.165, 1.54) is 30.8 Å². The van der Waals surface area contributed by atoms with E-state index >= 15 is 0 Å². The SMILES string of the molecule is CNC(=O)CCO[C@H]1C(OP(OCCC#N)N(C(C)C)C(C)C)[C@@H](COC(c2ccccc2)(c2ccc(OC)cc2)c2ccc(OC)cc2)O[C@H]1n1ccc(NC(C)=O)nc1=O. The van der Waals surface area contributed by atoms with Crippen LogP contribution in [0.3, 0.4) is 0 Å². The molecule has 0 radical (unpaired) electrons. The van der Waals surface area contributed by atoms with Crippen molar-refractivity contribution in [1.82, 2.24) is 19.5 Å². The first kappa shape index (κ1) is 47.8. The fourth-order valence-corrected chi connectivity index (χ4v) is 9.09. The second-order valence-corrected chi connectivity index (χ2v) is 16.3. The maximum Gasteiger partial charge on any atom is 0.351 e. The molecule has 2 heterocycles. The van der Waals surface area contributed by atoms with Gasteiger partial charge in [-0.2, -0.15) is 10.2 Å². The molecule has 1 saturated heterocycles. The third-order valence-electron chi connectivity index (χ3n) is 10.1. The molecule has 1 aliphatic rings. The molecule has 5 rings (SSSR count). The number of anilines is 1. The van der Waals surface area contributed by atoms with E-state index < -0.39 is 50.3 Å². The molecule has 2 unspecified atom stereocenters. The van der Waals surface area contributed by atoms with Crippen LogP contribution in [0, 0.1) is 11.3 Å². The van der Waals surface area contributed by atoms with Gasteiger partial charge >= 0.3 is 5.69 Å². The Labute approximate surface area is 364 Å². The van der Waals surface area contributed by atoms with Gasteiger partial charge in [0.15, 0.2) is 6.23 Å². The van der Waals surface area contributed by atoms with Gasteiger partial charge in [0.25, 0.3) is 8.53 Å². The summed E-state index contributed by atoms with van der Waals surface area (Å²) in [6, 6.07) is 28.6. The molecule has 62 heavy (non-hydrogen) atoms. The quantitative estimate of drug-likeness (QED) is 0.0510. The van der Waals surface area contributed by atoms with Crippen LogP contribution >= 0.6 is 8.53 Å². The summed E-state index contributed by atoms with van der Waals surface area (Å²) in [5, 5.41) is 14.6. The number of nitrogens with one attached hydrogen (secondary N) is 2. The first-order valence-corrected chi connectivity index (χ1v) is 21.6. The molecule has 332 valence electrons. The molecule has 0 saturated carbocycles. The Hall–Kier alpha value is -5.24. The summed E-state index contributed by atoms with van der Waals surface area (Å²) in [6.45, 7) is 9.34. The highest BCUT2D eigenvalue weighted by Crippen LogP contribution is 2.51. The summed E-state index contributed by atoms with van der Waals surface area (Å²) in [6.07, 6.45) is -2.52. The van der Waals surface area contributed by atoms with E-state index in [1.807, 2.05) is 107 Å². The predicted molar refractivity (Wildman–Crippen MR) is 233 cm³/mol. The van der Waals surface area contributed by atoms with Crippen molar-refractivity contribution < 1.29 is 42.3 Å². The summed E-state index contributed by atoms with van der Waals surface area (Å²) in [5.74, 6) is 0.729. The highest BCUT2D eigenvalue weighted by molar-refractivity contribution is 7.44. The number of benzene rings is 3. The molecule has 2 amide bonds. The van der Waals surface area contributed by atoms with Crippen LogP contribution in [-0.4, -0.2) is 97.5 Å². The normalized spacial score (nSPS) is 18.1. The monoisotopic (exact) mass is 872 g/mol. The van der Waals surface area contributed by atoms with Gasteiger partial charge in [0.1, 0.15) is 41.2 Å². The molecular formula is C45H57N6O10P. The van der Waals surface area contributed by atoms with Gasteiger partial charge in [0.2, 0.25) is 11.8 Å². The van der Waals surface area contributed by atoms with Gasteiger partial charge in [-0.05, 0) is 74.7 Å². The van der Waals surface area contributed by atoms with E-state index in [2.05, 4.69) is 26.4 Å². The largest absolute Gasteiger partial charge is 0.497 e. The van der Waals surface area contributed by atoms with Crippen molar-refractivity contribution in [2.45, 2.75) is 89.7 Å². The Balaban J connectivity index is 1.69. The Kier molecular flexibility index (Phi) is 17.5. The van der Waals surface area contributed by atoms with Crippen LogP contribution < -0.4 is 25.8 Å². The van der Waals surface area contributed by atoms with Crippen LogP contribution in [0.2, 0.25) is 0 Å². The van der Waals surface area contributed by atoms with Crippen LogP contribution in [0.25, 0.3) is 0 Å². The zero-order valence-electron chi connectivity index (χ0n) is 36.5. The van der Waals surface area contributed by atoms with Crippen molar-refractivity contribution in [3.63, 3.8) is 0 Å². The van der Waals surface area contributed by atoms with E-state index in [0.717, 1.165) is 16.7 Å². The fourth-order valence-electron chi connectivity index (χ4n) is 7.32. The fraction of sp³-hybridized carbons (Fsp3) is 0.444. The third-order valence-corrected chi connectivity index (χ3v) is 12.3. The molecule has 2 N–H and O–H groups in total. The number of carbonyl (C=O) groups excluding carboxylic acids is 2. The smallest absolute Gasteiger partial charge is 0.351 e. The molecule has 4 aromatic rings. The molecule has 0 bridgehead atoms. The average Bonchev–Trinajstić information content (AvgIpc) is 3.59. The molecule has 3 aromatic carbocycles. The maximum atomic E-state index is 13.8. The summed E-state index contributed by atoms with van der Waals surface area (Å²) in [4.78, 5) is 42.3. The van der Waals surface area contributed by atoms with Crippen LogP contribution in [-0.2, 0) is 38.4 Å². The molecule has 0 spiro atoms. The van der Waals surface area contributed by atoms with Crippen molar-refractivity contribution in [3.8, 4) is 17.6 Å². The lowest BCUT2D eigenvalue weighted by atomic mass is 9.80. The second kappa shape index (κ2) is 22.7. The number of aromatic nitrogens is 2. The summed E-state index contributed by atoms with van der Waals surface area (Å²) >= 11 is 0. The topological polar surface area (TPSA) is 185 Å². The lowest BCUT2D eigenvalue weighted by Crippen LogP contribution is -2.43. The summed E-state index contributed by atoms with van der Waals surface area (Å²) in [7, 11) is 2.85. The van der Waals surface area contributed by atoms with Gasteiger partial charge < -0.3 is 43.4 Å². The summed E-state index contributed by atoms with van der Waals surface area (Å²) in [5.41, 5.74) is 0.386. The lowest BCUT2D eigenvalue weighted by Gasteiger charge is -2.39. The van der Waals surface area contributed by atoms with Crippen molar-refractivity contribution >= 4 is 26.2 Å². The van der Waals surface area contributed by atoms with Gasteiger partial charge in [-0.3, -0.25) is 14.2 Å². The molecule has 0 aliphatic carbocycles. The Morgan fingerprint density at radius 2 is 1.50 bits per heavy atom. The summed E-state index contributed by atoms with van der Waals surface area (Å²) < 4.78 is 48.6. The highest BCUT2D eigenvalue weighted by Gasteiger charge is 2.51. The number of nitriles is 1. The number of amides is 2. The van der Waals surface area contributed by atoms with Gasteiger partial charge in [-0.25, -0.2) is 9.46 Å². The third kappa shape index (κ3) is 11.6. The maximum absolute atomic E-state index is 13.8. The number of methoxy groups -OCH3 is 2. The number of carbonyl (C=O) groups is 2. The molecular weight excluding hydrogens is 816 g/mol. The lowest BCUT2D eigenvalue weighted by molar-refractivity contribution is -0.124. The number of ether oxygens (including phenoxy) is 5. The van der Waals surface area contributed by atoms with E-state index in [4.69, 9.17) is 32.7 Å². The first-order chi connectivity index (χ1) is 29.9. The standard InChI is InChI=1S/C45H57N6O10P/c1-30(2)51(31(3)4)62(59-27-12-25-46)61-41-38(60-43(42(41)57-28-24-40(53)47-6)50-26-23-39(48-32(5)52)49-44(50)54)29-58-45(33-13-10-9-11-14-33,34-15-19-36(55-7)20-16-34)35-17-21-37(56-8)22-18-35/h9-11,13-23,26,30-31,38,41-43H,12,24,27-29H2,1-8H3,(H,47,53)(H,48,49,52,54)/t38-,41?,42+,43-,62?/m1/s1. The number of hydrogen-bond acceptors (Lipinski definition) is 13. The molecule has 1 fully saturated rings. The van der Waals surface area contributed by atoms with Crippen LogP contribution in [0.5, 0.6) is 11.5 Å². The predicted octanol–water partition coefficient (Wildman–Crippen LogP) is 6.31. The number of nitrogens with zero attached hydrogens (tertiary/aromatic N) is 4. The minimum atomic E-state index is -1.89.